The fraction of sp³-hybridized carbons (Fsp3) is 0.478. The van der Waals surface area contributed by atoms with Crippen LogP contribution in [0.25, 0.3) is 0 Å². The van der Waals surface area contributed by atoms with Gasteiger partial charge < -0.3 is 24.4 Å². The molecular weight excluding hydrogens is 451 g/mol. The molecule has 1 heterocycles. The van der Waals surface area contributed by atoms with Gasteiger partial charge in [0.1, 0.15) is 6.54 Å². The van der Waals surface area contributed by atoms with Crippen LogP contribution in [0.3, 0.4) is 0 Å². The summed E-state index contributed by atoms with van der Waals surface area (Å²) in [6.45, 7) is 4.09. The maximum absolute atomic E-state index is 13.2. The molecule has 1 N–H and O–H groups in total. The van der Waals surface area contributed by atoms with Crippen LogP contribution in [-0.4, -0.2) is 59.7 Å². The molecular formula is C23H32Cl2N4O3. The van der Waals surface area contributed by atoms with Crippen molar-refractivity contribution in [2.24, 2.45) is 7.05 Å². The first-order valence-corrected chi connectivity index (χ1v) is 11.5. The smallest absolute Gasteiger partial charge is 0.322 e. The molecule has 3 amide bonds. The van der Waals surface area contributed by atoms with Crippen LogP contribution in [0.1, 0.15) is 31.9 Å². The number of halogens is 2. The summed E-state index contributed by atoms with van der Waals surface area (Å²) in [5, 5.41) is 3.56. The lowest BCUT2D eigenvalue weighted by Gasteiger charge is -2.28. The lowest BCUT2D eigenvalue weighted by Crippen LogP contribution is -2.45. The first kappa shape index (κ1) is 26.0. The number of anilines is 1. The Morgan fingerprint density at radius 2 is 1.84 bits per heavy atom. The molecule has 0 aliphatic rings. The summed E-state index contributed by atoms with van der Waals surface area (Å²) in [5.74, 6) is -0.0960. The number of hydrogen-bond donors (Lipinski definition) is 1. The highest BCUT2D eigenvalue weighted by molar-refractivity contribution is 6.42. The van der Waals surface area contributed by atoms with Crippen molar-refractivity contribution in [1.29, 1.82) is 0 Å². The van der Waals surface area contributed by atoms with Gasteiger partial charge in [0.05, 0.1) is 16.6 Å². The van der Waals surface area contributed by atoms with Crippen molar-refractivity contribution in [2.75, 3.05) is 38.7 Å². The average molecular weight is 483 g/mol. The average Bonchev–Trinajstić information content (AvgIpc) is 3.17. The molecule has 0 aliphatic carbocycles. The minimum absolute atomic E-state index is 0.0228. The van der Waals surface area contributed by atoms with E-state index in [1.807, 2.05) is 34.8 Å². The maximum atomic E-state index is 13.2. The molecule has 1 aromatic carbocycles. The van der Waals surface area contributed by atoms with Crippen LogP contribution in [0.15, 0.2) is 36.5 Å². The normalized spacial score (nSPS) is 10.8. The summed E-state index contributed by atoms with van der Waals surface area (Å²) in [4.78, 5) is 29.5. The Balaban J connectivity index is 2.12. The number of carbonyl (C=O) groups is 2. The Kier molecular flexibility index (Phi) is 10.9. The van der Waals surface area contributed by atoms with Gasteiger partial charge in [-0.15, -0.1) is 0 Å². The number of nitrogens with zero attached hydrogens (tertiary/aromatic N) is 3. The fourth-order valence-corrected chi connectivity index (χ4v) is 3.49. The topological polar surface area (TPSA) is 66.8 Å². The molecule has 7 nitrogen and oxygen atoms in total. The van der Waals surface area contributed by atoms with Gasteiger partial charge in [-0.25, -0.2) is 4.79 Å². The molecule has 0 fully saturated rings. The van der Waals surface area contributed by atoms with Gasteiger partial charge in [-0.1, -0.05) is 36.5 Å². The predicted octanol–water partition coefficient (Wildman–Crippen LogP) is 5.03. The van der Waals surface area contributed by atoms with Gasteiger partial charge in [0, 0.05) is 51.4 Å². The molecule has 0 spiro atoms. The number of rotatable bonds is 12. The van der Waals surface area contributed by atoms with Gasteiger partial charge in [0.15, 0.2) is 0 Å². The summed E-state index contributed by atoms with van der Waals surface area (Å²) in [5.41, 5.74) is 1.56. The number of hydrogen-bond acceptors (Lipinski definition) is 3. The molecule has 0 unspecified atom stereocenters. The van der Waals surface area contributed by atoms with E-state index >= 15 is 0 Å². The summed E-state index contributed by atoms with van der Waals surface area (Å²) in [6, 6.07) is 8.46. The zero-order valence-electron chi connectivity index (χ0n) is 18.9. The van der Waals surface area contributed by atoms with Crippen LogP contribution < -0.4 is 5.32 Å². The van der Waals surface area contributed by atoms with Crippen molar-refractivity contribution in [3.8, 4) is 0 Å². The highest BCUT2D eigenvalue weighted by atomic mass is 35.5. The molecule has 0 bridgehead atoms. The number of aromatic nitrogens is 1. The van der Waals surface area contributed by atoms with Gasteiger partial charge >= 0.3 is 6.03 Å². The third-order valence-corrected chi connectivity index (χ3v) is 5.84. The number of nitrogens with one attached hydrogen (secondary N) is 1. The van der Waals surface area contributed by atoms with Gasteiger partial charge in [0.2, 0.25) is 5.91 Å². The van der Waals surface area contributed by atoms with E-state index in [0.717, 1.165) is 18.5 Å². The Hall–Kier alpha value is -2.22. The van der Waals surface area contributed by atoms with Crippen LogP contribution in [-0.2, 0) is 23.1 Å². The van der Waals surface area contributed by atoms with Gasteiger partial charge in [-0.05, 0) is 43.2 Å². The molecule has 176 valence electrons. The van der Waals surface area contributed by atoms with Crippen LogP contribution in [0.5, 0.6) is 0 Å². The molecule has 9 heteroatoms. The SMILES string of the molecule is CCCCN(Cc1cccn1C)C(=O)CN(CCCOC)C(=O)Nc1ccc(Cl)c(Cl)c1. The van der Waals surface area contributed by atoms with E-state index in [0.29, 0.717) is 48.4 Å². The van der Waals surface area contributed by atoms with E-state index in [-0.39, 0.29) is 18.5 Å². The summed E-state index contributed by atoms with van der Waals surface area (Å²) >= 11 is 12.0. The third-order valence-electron chi connectivity index (χ3n) is 5.10. The van der Waals surface area contributed by atoms with Crippen molar-refractivity contribution >= 4 is 40.8 Å². The van der Waals surface area contributed by atoms with Crippen molar-refractivity contribution in [3.05, 3.63) is 52.3 Å². The van der Waals surface area contributed by atoms with Crippen LogP contribution in [0.2, 0.25) is 10.0 Å². The molecule has 1 aromatic heterocycles. The number of aryl methyl sites for hydroxylation is 1. The van der Waals surface area contributed by atoms with Crippen molar-refractivity contribution in [3.63, 3.8) is 0 Å². The Bertz CT molecular complexity index is 888. The highest BCUT2D eigenvalue weighted by Gasteiger charge is 2.22. The lowest BCUT2D eigenvalue weighted by atomic mass is 10.2. The minimum atomic E-state index is -0.373. The lowest BCUT2D eigenvalue weighted by molar-refractivity contribution is -0.132. The van der Waals surface area contributed by atoms with E-state index in [1.54, 1.807) is 25.3 Å². The molecule has 0 saturated carbocycles. The Morgan fingerprint density at radius 1 is 1.09 bits per heavy atom. The van der Waals surface area contributed by atoms with E-state index in [1.165, 1.54) is 4.90 Å². The Morgan fingerprint density at radius 3 is 2.47 bits per heavy atom. The number of urea groups is 1. The van der Waals surface area contributed by atoms with Gasteiger partial charge in [-0.2, -0.15) is 0 Å². The highest BCUT2D eigenvalue weighted by Crippen LogP contribution is 2.25. The van der Waals surface area contributed by atoms with Crippen molar-refractivity contribution in [2.45, 2.75) is 32.7 Å². The number of benzene rings is 1. The molecule has 0 saturated heterocycles. The second-order valence-corrected chi connectivity index (χ2v) is 8.42. The first-order valence-electron chi connectivity index (χ1n) is 10.7. The second kappa shape index (κ2) is 13.4. The molecule has 0 atom stereocenters. The van der Waals surface area contributed by atoms with Crippen LogP contribution in [0.4, 0.5) is 10.5 Å². The second-order valence-electron chi connectivity index (χ2n) is 7.61. The third kappa shape index (κ3) is 8.04. The fourth-order valence-electron chi connectivity index (χ4n) is 3.19. The molecule has 0 aliphatic heterocycles. The molecule has 2 aromatic rings. The van der Waals surface area contributed by atoms with E-state index in [9.17, 15) is 9.59 Å². The number of unbranched alkanes of at least 4 members (excludes halogenated alkanes) is 1. The van der Waals surface area contributed by atoms with Gasteiger partial charge in [0.25, 0.3) is 0 Å². The number of ether oxygens (including phenoxy) is 1. The number of amides is 3. The van der Waals surface area contributed by atoms with Crippen molar-refractivity contribution < 1.29 is 14.3 Å². The number of carbonyl (C=O) groups excluding carboxylic acids is 2. The van der Waals surface area contributed by atoms with Gasteiger partial charge in [-0.3, -0.25) is 4.79 Å². The quantitative estimate of drug-likeness (QED) is 0.431. The molecule has 0 radical (unpaired) electrons. The summed E-state index contributed by atoms with van der Waals surface area (Å²) in [7, 11) is 3.57. The Labute approximate surface area is 200 Å². The molecule has 32 heavy (non-hydrogen) atoms. The number of methoxy groups -OCH3 is 1. The first-order chi connectivity index (χ1) is 15.3. The van der Waals surface area contributed by atoms with Crippen LogP contribution >= 0.6 is 23.2 Å². The maximum Gasteiger partial charge on any atom is 0.322 e. The minimum Gasteiger partial charge on any atom is -0.385 e. The molecule has 2 rings (SSSR count). The zero-order valence-corrected chi connectivity index (χ0v) is 20.5. The van der Waals surface area contributed by atoms with Crippen molar-refractivity contribution in [1.82, 2.24) is 14.4 Å². The van der Waals surface area contributed by atoms with E-state index in [2.05, 4.69) is 12.2 Å². The predicted molar refractivity (Wildman–Crippen MR) is 129 cm³/mol. The zero-order chi connectivity index (χ0) is 23.5. The standard InChI is InChI=1S/C23H32Cl2N4O3/c1-4-5-12-28(16-19-8-6-11-27(19)2)22(30)17-29(13-7-14-32-3)23(31)26-18-9-10-20(24)21(25)15-18/h6,8-11,15H,4-5,7,12-14,16-17H2,1-3H3,(H,26,31). The van der Waals surface area contributed by atoms with Crippen LogP contribution in [0, 0.1) is 0 Å². The van der Waals surface area contributed by atoms with E-state index < -0.39 is 0 Å². The van der Waals surface area contributed by atoms with E-state index in [4.69, 9.17) is 27.9 Å². The summed E-state index contributed by atoms with van der Waals surface area (Å²) < 4.78 is 7.12. The monoisotopic (exact) mass is 482 g/mol. The summed E-state index contributed by atoms with van der Waals surface area (Å²) in [6.07, 6.45) is 4.45. The largest absolute Gasteiger partial charge is 0.385 e.